The molecule has 0 bridgehead atoms. The zero-order chi connectivity index (χ0) is 20.1. The molecule has 0 radical (unpaired) electrons. The van der Waals surface area contributed by atoms with Crippen LogP contribution in [-0.4, -0.2) is 50.4 Å². The van der Waals surface area contributed by atoms with Crippen molar-refractivity contribution in [3.63, 3.8) is 0 Å². The number of rotatable bonds is 6. The maximum absolute atomic E-state index is 12.2. The molecule has 29 heavy (non-hydrogen) atoms. The van der Waals surface area contributed by atoms with Crippen LogP contribution in [0.2, 0.25) is 0 Å². The van der Waals surface area contributed by atoms with Crippen LogP contribution in [0.15, 0.2) is 54.6 Å². The van der Waals surface area contributed by atoms with Gasteiger partial charge in [-0.25, -0.2) is 4.79 Å². The molecule has 0 unspecified atom stereocenters. The predicted octanol–water partition coefficient (Wildman–Crippen LogP) is 3.93. The van der Waals surface area contributed by atoms with Crippen molar-refractivity contribution in [1.29, 1.82) is 0 Å². The lowest BCUT2D eigenvalue weighted by atomic mass is 9.97. The summed E-state index contributed by atoms with van der Waals surface area (Å²) >= 11 is 0. The van der Waals surface area contributed by atoms with Crippen LogP contribution in [0.4, 0.5) is 10.5 Å². The Morgan fingerprint density at radius 2 is 2.03 bits per heavy atom. The lowest BCUT2D eigenvalue weighted by molar-refractivity contribution is -0.0612. The molecule has 0 aliphatic carbocycles. The number of hydrogen-bond acceptors (Lipinski definition) is 5. The standard InChI is InChI=1S/C23H26N2O4/c1-27-22-13-19(18-9-11-25(12-10-18)20-15-28-16-20)7-8-21(22)24-23(26)29-14-17-5-3-2-4-6-17/h2-9,13,20H,10-12,14-16H2,1H3,(H,24,26). The molecule has 1 fully saturated rings. The van der Waals surface area contributed by atoms with E-state index in [2.05, 4.69) is 16.3 Å². The van der Waals surface area contributed by atoms with Crippen molar-refractivity contribution < 1.29 is 19.0 Å². The van der Waals surface area contributed by atoms with Crippen molar-refractivity contribution in [2.75, 3.05) is 38.7 Å². The number of ether oxygens (including phenoxy) is 3. The van der Waals surface area contributed by atoms with E-state index in [4.69, 9.17) is 14.2 Å². The third-order valence-corrected chi connectivity index (χ3v) is 5.40. The molecule has 2 aliphatic rings. The summed E-state index contributed by atoms with van der Waals surface area (Å²) in [5, 5.41) is 2.77. The second kappa shape index (κ2) is 9.11. The van der Waals surface area contributed by atoms with E-state index in [0.717, 1.165) is 43.9 Å². The van der Waals surface area contributed by atoms with E-state index in [9.17, 15) is 4.79 Å². The first kappa shape index (κ1) is 19.5. The van der Waals surface area contributed by atoms with E-state index in [1.54, 1.807) is 7.11 Å². The minimum absolute atomic E-state index is 0.225. The van der Waals surface area contributed by atoms with E-state index in [1.165, 1.54) is 5.57 Å². The average Bonchev–Trinajstić information content (AvgIpc) is 2.73. The summed E-state index contributed by atoms with van der Waals surface area (Å²) in [6, 6.07) is 16.0. The highest BCUT2D eigenvalue weighted by molar-refractivity contribution is 5.87. The van der Waals surface area contributed by atoms with Crippen molar-refractivity contribution >= 4 is 17.4 Å². The lowest BCUT2D eigenvalue weighted by Crippen LogP contribution is -2.50. The predicted molar refractivity (Wildman–Crippen MR) is 112 cm³/mol. The Bertz CT molecular complexity index is 878. The maximum Gasteiger partial charge on any atom is 0.412 e. The highest BCUT2D eigenvalue weighted by Crippen LogP contribution is 2.32. The second-order valence-electron chi connectivity index (χ2n) is 7.27. The molecule has 1 N–H and O–H groups in total. The third kappa shape index (κ3) is 4.78. The summed E-state index contributed by atoms with van der Waals surface area (Å²) < 4.78 is 16.1. The van der Waals surface area contributed by atoms with E-state index in [-0.39, 0.29) is 6.61 Å². The van der Waals surface area contributed by atoms with Crippen molar-refractivity contribution in [2.45, 2.75) is 19.1 Å². The first-order chi connectivity index (χ1) is 14.2. The highest BCUT2D eigenvalue weighted by Gasteiger charge is 2.27. The number of nitrogens with zero attached hydrogens (tertiary/aromatic N) is 1. The molecule has 6 heteroatoms. The van der Waals surface area contributed by atoms with Crippen LogP contribution in [0.25, 0.3) is 5.57 Å². The van der Waals surface area contributed by atoms with E-state index >= 15 is 0 Å². The smallest absolute Gasteiger partial charge is 0.412 e. The molecule has 0 saturated carbocycles. The first-order valence-electron chi connectivity index (χ1n) is 9.90. The van der Waals surface area contributed by atoms with Crippen LogP contribution in [0, 0.1) is 0 Å². The van der Waals surface area contributed by atoms with Gasteiger partial charge in [0.2, 0.25) is 0 Å². The van der Waals surface area contributed by atoms with Gasteiger partial charge in [0, 0.05) is 13.1 Å². The van der Waals surface area contributed by atoms with Gasteiger partial charge in [0.1, 0.15) is 12.4 Å². The molecule has 2 aromatic carbocycles. The fourth-order valence-electron chi connectivity index (χ4n) is 3.58. The lowest BCUT2D eigenvalue weighted by Gasteiger charge is -2.38. The molecule has 2 aliphatic heterocycles. The summed E-state index contributed by atoms with van der Waals surface area (Å²) in [5.74, 6) is 0.620. The summed E-state index contributed by atoms with van der Waals surface area (Å²) in [4.78, 5) is 14.6. The first-order valence-corrected chi connectivity index (χ1v) is 9.90. The summed E-state index contributed by atoms with van der Waals surface area (Å²) in [6.45, 7) is 3.89. The van der Waals surface area contributed by atoms with Crippen LogP contribution in [0.5, 0.6) is 5.75 Å². The molecule has 152 valence electrons. The Kier molecular flexibility index (Phi) is 6.12. The van der Waals surface area contributed by atoms with Crippen molar-refractivity contribution in [1.82, 2.24) is 4.90 Å². The Morgan fingerprint density at radius 1 is 1.21 bits per heavy atom. The average molecular weight is 394 g/mol. The number of benzene rings is 2. The topological polar surface area (TPSA) is 60.0 Å². The highest BCUT2D eigenvalue weighted by atomic mass is 16.5. The molecule has 1 amide bonds. The third-order valence-electron chi connectivity index (χ3n) is 5.40. The largest absolute Gasteiger partial charge is 0.495 e. The van der Waals surface area contributed by atoms with Gasteiger partial charge in [-0.05, 0) is 35.3 Å². The van der Waals surface area contributed by atoms with Crippen LogP contribution < -0.4 is 10.1 Å². The number of amides is 1. The van der Waals surface area contributed by atoms with Crippen LogP contribution in [0.1, 0.15) is 17.5 Å². The van der Waals surface area contributed by atoms with Gasteiger partial charge in [-0.3, -0.25) is 10.2 Å². The molecule has 0 aromatic heterocycles. The number of methoxy groups -OCH3 is 1. The molecule has 0 spiro atoms. The van der Waals surface area contributed by atoms with Crippen LogP contribution in [0.3, 0.4) is 0 Å². The Labute approximate surface area is 171 Å². The summed E-state index contributed by atoms with van der Waals surface area (Å²) in [6.07, 6.45) is 2.76. The SMILES string of the molecule is COc1cc(C2=CCN(C3COC3)CC2)ccc1NC(=O)OCc1ccccc1. The minimum Gasteiger partial charge on any atom is -0.495 e. The zero-order valence-electron chi connectivity index (χ0n) is 16.6. The Balaban J connectivity index is 1.37. The van der Waals surface area contributed by atoms with Gasteiger partial charge >= 0.3 is 6.09 Å². The van der Waals surface area contributed by atoms with Gasteiger partial charge in [0.15, 0.2) is 0 Å². The van der Waals surface area contributed by atoms with E-state index in [0.29, 0.717) is 17.5 Å². The molecule has 4 rings (SSSR count). The van der Waals surface area contributed by atoms with E-state index < -0.39 is 6.09 Å². The van der Waals surface area contributed by atoms with Crippen LogP contribution in [-0.2, 0) is 16.1 Å². The van der Waals surface area contributed by atoms with Gasteiger partial charge < -0.3 is 14.2 Å². The second-order valence-corrected chi connectivity index (χ2v) is 7.27. The molecule has 1 saturated heterocycles. The molecular formula is C23H26N2O4. The number of anilines is 1. The Hall–Kier alpha value is -2.83. The van der Waals surface area contributed by atoms with Gasteiger partial charge in [0.05, 0.1) is 32.1 Å². The number of carbonyl (C=O) groups excluding carboxylic acids is 1. The van der Waals surface area contributed by atoms with Gasteiger partial charge in [0.25, 0.3) is 0 Å². The number of nitrogens with one attached hydrogen (secondary N) is 1. The van der Waals surface area contributed by atoms with Gasteiger partial charge in [-0.2, -0.15) is 0 Å². The maximum atomic E-state index is 12.2. The fraction of sp³-hybridized carbons (Fsp3) is 0.348. The summed E-state index contributed by atoms with van der Waals surface area (Å²) in [7, 11) is 1.60. The van der Waals surface area contributed by atoms with Crippen LogP contribution >= 0.6 is 0 Å². The van der Waals surface area contributed by atoms with Crippen molar-refractivity contribution in [3.8, 4) is 5.75 Å². The van der Waals surface area contributed by atoms with Crippen molar-refractivity contribution in [2.24, 2.45) is 0 Å². The number of carbonyl (C=O) groups is 1. The quantitative estimate of drug-likeness (QED) is 0.804. The number of hydrogen-bond donors (Lipinski definition) is 1. The minimum atomic E-state index is -0.504. The molecule has 2 heterocycles. The molecule has 2 aromatic rings. The van der Waals surface area contributed by atoms with E-state index in [1.807, 2.05) is 48.5 Å². The molecule has 0 atom stereocenters. The Morgan fingerprint density at radius 3 is 2.69 bits per heavy atom. The fourth-order valence-corrected chi connectivity index (χ4v) is 3.58. The monoisotopic (exact) mass is 394 g/mol. The molecule has 6 nitrogen and oxygen atoms in total. The summed E-state index contributed by atoms with van der Waals surface area (Å²) in [5.41, 5.74) is 3.96. The van der Waals surface area contributed by atoms with Gasteiger partial charge in [-0.1, -0.05) is 42.5 Å². The van der Waals surface area contributed by atoms with Gasteiger partial charge in [-0.15, -0.1) is 0 Å². The van der Waals surface area contributed by atoms with Crippen molar-refractivity contribution in [3.05, 3.63) is 65.7 Å². The normalized spacial score (nSPS) is 17.2. The molecular weight excluding hydrogens is 368 g/mol. The zero-order valence-corrected chi connectivity index (χ0v) is 16.6.